The number of fused-ring (bicyclic) bond motifs is 1. The summed E-state index contributed by atoms with van der Waals surface area (Å²) in [4.78, 5) is 26.7. The van der Waals surface area contributed by atoms with Crippen molar-refractivity contribution in [3.8, 4) is 11.5 Å². The van der Waals surface area contributed by atoms with Gasteiger partial charge >= 0.3 is 12.2 Å². The largest absolute Gasteiger partial charge is 0.493 e. The van der Waals surface area contributed by atoms with Crippen LogP contribution in [-0.4, -0.2) is 43.6 Å². The van der Waals surface area contributed by atoms with Crippen molar-refractivity contribution < 1.29 is 32.2 Å². The first kappa shape index (κ1) is 24.5. The summed E-state index contributed by atoms with van der Waals surface area (Å²) in [6.45, 7) is 2.15. The molecule has 3 rings (SSSR count). The van der Waals surface area contributed by atoms with E-state index in [1.165, 1.54) is 18.9 Å². The Hall–Kier alpha value is -3.14. The number of hydrogen-bond acceptors (Lipinski definition) is 4. The molecular weight excluding hydrogens is 463 g/mol. The smallest absolute Gasteiger partial charge is 0.416 e. The van der Waals surface area contributed by atoms with Crippen LogP contribution in [0.2, 0.25) is 5.02 Å². The van der Waals surface area contributed by atoms with E-state index in [9.17, 15) is 22.8 Å². The van der Waals surface area contributed by atoms with Gasteiger partial charge in [0.1, 0.15) is 6.04 Å². The number of amides is 3. The normalized spacial score (nSPS) is 14.2. The van der Waals surface area contributed by atoms with Crippen molar-refractivity contribution in [1.82, 2.24) is 10.2 Å². The van der Waals surface area contributed by atoms with E-state index in [0.717, 1.165) is 29.3 Å². The van der Waals surface area contributed by atoms with Gasteiger partial charge in [0.15, 0.2) is 11.5 Å². The Morgan fingerprint density at radius 2 is 1.73 bits per heavy atom. The number of alkyl halides is 3. The number of nitrogens with one attached hydrogen (secondary N) is 2. The second kappa shape index (κ2) is 9.78. The molecule has 2 N–H and O–H groups in total. The van der Waals surface area contributed by atoms with Gasteiger partial charge in [-0.05, 0) is 54.8 Å². The van der Waals surface area contributed by atoms with E-state index < -0.39 is 29.7 Å². The number of rotatable bonds is 5. The van der Waals surface area contributed by atoms with Gasteiger partial charge in [0, 0.05) is 13.1 Å². The van der Waals surface area contributed by atoms with Crippen LogP contribution in [0.3, 0.4) is 0 Å². The molecule has 0 saturated carbocycles. The average Bonchev–Trinajstić information content (AvgIpc) is 2.78. The van der Waals surface area contributed by atoms with Gasteiger partial charge in [-0.2, -0.15) is 13.2 Å². The fraction of sp³-hybridized carbons (Fsp3) is 0.364. The fourth-order valence-electron chi connectivity index (χ4n) is 3.44. The van der Waals surface area contributed by atoms with Crippen molar-refractivity contribution in [2.75, 3.05) is 26.1 Å². The first-order valence-corrected chi connectivity index (χ1v) is 10.4. The van der Waals surface area contributed by atoms with E-state index >= 15 is 0 Å². The number of anilines is 1. The molecule has 0 fully saturated rings. The Labute approximate surface area is 193 Å². The van der Waals surface area contributed by atoms with Crippen LogP contribution in [0, 0.1) is 0 Å². The number of halogens is 4. The van der Waals surface area contributed by atoms with Gasteiger partial charge < -0.3 is 25.0 Å². The van der Waals surface area contributed by atoms with Crippen LogP contribution in [0.25, 0.3) is 0 Å². The lowest BCUT2D eigenvalue weighted by atomic mass is 9.99. The Morgan fingerprint density at radius 1 is 1.09 bits per heavy atom. The van der Waals surface area contributed by atoms with Crippen LogP contribution in [0.4, 0.5) is 23.7 Å². The van der Waals surface area contributed by atoms with Gasteiger partial charge in [-0.1, -0.05) is 11.6 Å². The summed E-state index contributed by atoms with van der Waals surface area (Å²) in [5.41, 5.74) is 0.784. The minimum absolute atomic E-state index is 0.0492. The molecule has 2 aromatic carbocycles. The number of nitrogens with zero attached hydrogens (tertiary/aromatic N) is 1. The number of ether oxygens (including phenoxy) is 2. The minimum atomic E-state index is -4.58. The minimum Gasteiger partial charge on any atom is -0.493 e. The quantitative estimate of drug-likeness (QED) is 0.655. The molecule has 2 aromatic rings. The Balaban J connectivity index is 1.65. The number of hydrogen-bond donors (Lipinski definition) is 2. The Morgan fingerprint density at radius 3 is 2.33 bits per heavy atom. The lowest BCUT2D eigenvalue weighted by Gasteiger charge is -2.30. The molecule has 0 aliphatic carbocycles. The Bertz CT molecular complexity index is 1060. The molecule has 0 saturated heterocycles. The molecule has 11 heteroatoms. The van der Waals surface area contributed by atoms with Gasteiger partial charge in [-0.25, -0.2) is 4.79 Å². The fourth-order valence-corrected chi connectivity index (χ4v) is 3.60. The molecule has 0 aromatic heterocycles. The van der Waals surface area contributed by atoms with Crippen LogP contribution in [0.5, 0.6) is 11.5 Å². The van der Waals surface area contributed by atoms with E-state index in [2.05, 4.69) is 10.6 Å². The summed E-state index contributed by atoms with van der Waals surface area (Å²) in [5.74, 6) is 0.449. The van der Waals surface area contributed by atoms with E-state index in [1.807, 2.05) is 6.07 Å². The molecule has 178 valence electrons. The van der Waals surface area contributed by atoms with Crippen LogP contribution < -0.4 is 20.1 Å². The monoisotopic (exact) mass is 485 g/mol. The molecule has 1 unspecified atom stereocenters. The number of urea groups is 1. The highest BCUT2D eigenvalue weighted by atomic mass is 35.5. The maximum atomic E-state index is 12.9. The zero-order valence-corrected chi connectivity index (χ0v) is 18.9. The number of benzene rings is 2. The van der Waals surface area contributed by atoms with Crippen LogP contribution in [-0.2, 0) is 23.9 Å². The third kappa shape index (κ3) is 5.62. The summed E-state index contributed by atoms with van der Waals surface area (Å²) in [5, 5.41) is 4.86. The van der Waals surface area contributed by atoms with Crippen molar-refractivity contribution in [2.24, 2.45) is 0 Å². The number of carbonyl (C=O) groups is 2. The molecule has 1 aliphatic heterocycles. The average molecular weight is 486 g/mol. The van der Waals surface area contributed by atoms with Crippen molar-refractivity contribution in [1.29, 1.82) is 0 Å². The summed E-state index contributed by atoms with van der Waals surface area (Å²) < 4.78 is 49.4. The van der Waals surface area contributed by atoms with Crippen LogP contribution in [0.1, 0.15) is 23.6 Å². The van der Waals surface area contributed by atoms with Gasteiger partial charge in [0.05, 0.1) is 30.5 Å². The molecule has 0 radical (unpaired) electrons. The van der Waals surface area contributed by atoms with Gasteiger partial charge in [0.25, 0.3) is 0 Å². The van der Waals surface area contributed by atoms with E-state index in [0.29, 0.717) is 31.0 Å². The number of methoxy groups -OCH3 is 2. The zero-order valence-electron chi connectivity index (χ0n) is 18.2. The highest BCUT2D eigenvalue weighted by Gasteiger charge is 2.31. The third-order valence-electron chi connectivity index (χ3n) is 5.29. The SMILES string of the molecule is COc1cc2c(cc1OC)CN(C(=O)NC(C)C(=O)Nc1cc(C(F)(F)F)ccc1Cl)CC2. The standard InChI is InChI=1S/C22H23ClF3N3O4/c1-12(20(30)28-17-10-15(22(24,25)26)4-5-16(17)23)27-21(31)29-7-6-13-8-18(32-2)19(33-3)9-14(13)11-29/h4-5,8-10,12H,6-7,11H2,1-3H3,(H,27,31)(H,28,30). The van der Waals surface area contributed by atoms with Crippen molar-refractivity contribution in [2.45, 2.75) is 32.1 Å². The lowest BCUT2D eigenvalue weighted by Crippen LogP contribution is -2.49. The first-order valence-electron chi connectivity index (χ1n) is 10.00. The van der Waals surface area contributed by atoms with Gasteiger partial charge in [-0.15, -0.1) is 0 Å². The zero-order chi connectivity index (χ0) is 24.3. The predicted octanol–water partition coefficient (Wildman–Crippen LogP) is 4.47. The third-order valence-corrected chi connectivity index (χ3v) is 5.62. The maximum Gasteiger partial charge on any atom is 0.416 e. The Kier molecular flexibility index (Phi) is 7.26. The van der Waals surface area contributed by atoms with Crippen molar-refractivity contribution >= 4 is 29.2 Å². The summed E-state index contributed by atoms with van der Waals surface area (Å²) >= 11 is 5.92. The van der Waals surface area contributed by atoms with Crippen LogP contribution in [0.15, 0.2) is 30.3 Å². The van der Waals surface area contributed by atoms with Crippen LogP contribution >= 0.6 is 11.6 Å². The van der Waals surface area contributed by atoms with E-state index in [4.69, 9.17) is 21.1 Å². The molecule has 33 heavy (non-hydrogen) atoms. The van der Waals surface area contributed by atoms with Crippen molar-refractivity contribution in [3.05, 3.63) is 52.0 Å². The van der Waals surface area contributed by atoms with Gasteiger partial charge in [0.2, 0.25) is 5.91 Å². The molecule has 1 heterocycles. The van der Waals surface area contributed by atoms with Crippen molar-refractivity contribution in [3.63, 3.8) is 0 Å². The molecule has 1 aliphatic rings. The summed E-state index contributed by atoms with van der Waals surface area (Å²) in [6.07, 6.45) is -4.00. The lowest BCUT2D eigenvalue weighted by molar-refractivity contribution is -0.137. The number of carbonyl (C=O) groups excluding carboxylic acids is 2. The topological polar surface area (TPSA) is 79.9 Å². The first-order chi connectivity index (χ1) is 15.5. The van der Waals surface area contributed by atoms with E-state index in [1.54, 1.807) is 13.2 Å². The molecule has 0 spiro atoms. The maximum absolute atomic E-state index is 12.9. The predicted molar refractivity (Wildman–Crippen MR) is 117 cm³/mol. The highest BCUT2D eigenvalue weighted by molar-refractivity contribution is 6.33. The highest BCUT2D eigenvalue weighted by Crippen LogP contribution is 2.34. The second-order valence-electron chi connectivity index (χ2n) is 7.50. The van der Waals surface area contributed by atoms with Gasteiger partial charge in [-0.3, -0.25) is 4.79 Å². The molecular formula is C22H23ClF3N3O4. The molecule has 7 nitrogen and oxygen atoms in total. The molecule has 1 atom stereocenters. The second-order valence-corrected chi connectivity index (χ2v) is 7.91. The molecule has 3 amide bonds. The van der Waals surface area contributed by atoms with E-state index in [-0.39, 0.29) is 10.7 Å². The summed E-state index contributed by atoms with van der Waals surface area (Å²) in [7, 11) is 3.07. The molecule has 0 bridgehead atoms. The summed E-state index contributed by atoms with van der Waals surface area (Å²) in [6, 6.07) is 4.80.